The van der Waals surface area contributed by atoms with E-state index in [1.807, 2.05) is 30.3 Å². The summed E-state index contributed by atoms with van der Waals surface area (Å²) in [5, 5.41) is 2.76. The zero-order chi connectivity index (χ0) is 18.1. The van der Waals surface area contributed by atoms with Crippen molar-refractivity contribution < 1.29 is 9.59 Å². The van der Waals surface area contributed by atoms with Gasteiger partial charge in [-0.2, -0.15) is 0 Å². The minimum atomic E-state index is -0.452. The average molecular weight is 352 g/mol. The number of benzene rings is 1. The number of H-pyrrole nitrogens is 1. The van der Waals surface area contributed by atoms with Gasteiger partial charge >= 0.3 is 0 Å². The van der Waals surface area contributed by atoms with E-state index in [0.717, 1.165) is 18.5 Å². The van der Waals surface area contributed by atoms with Crippen LogP contribution in [0, 0.1) is 5.92 Å². The largest absolute Gasteiger partial charge is 0.351 e. The SMILES string of the molecule is O=C(NC[C@H]1CC(=O)N(c2ccccc2)C1)c1cnc(C2CC2)[nH]c1=O. The van der Waals surface area contributed by atoms with E-state index in [1.165, 1.54) is 6.20 Å². The van der Waals surface area contributed by atoms with Gasteiger partial charge in [-0.1, -0.05) is 18.2 Å². The molecule has 2 N–H and O–H groups in total. The molecule has 0 spiro atoms. The molecule has 2 fully saturated rings. The highest BCUT2D eigenvalue weighted by atomic mass is 16.2. The average Bonchev–Trinajstić information content (AvgIpc) is 3.43. The second kappa shape index (κ2) is 6.74. The highest BCUT2D eigenvalue weighted by molar-refractivity contribution is 5.96. The molecule has 1 aliphatic carbocycles. The van der Waals surface area contributed by atoms with Crippen LogP contribution in [0.4, 0.5) is 5.69 Å². The molecule has 2 aromatic rings. The molecule has 1 aromatic heterocycles. The first-order valence-corrected chi connectivity index (χ1v) is 8.84. The first-order chi connectivity index (χ1) is 12.6. The van der Waals surface area contributed by atoms with Crippen LogP contribution in [-0.4, -0.2) is 34.9 Å². The molecule has 2 amide bonds. The predicted molar refractivity (Wildman–Crippen MR) is 96.1 cm³/mol. The molecule has 2 heterocycles. The number of nitrogens with one attached hydrogen (secondary N) is 2. The molecule has 0 bridgehead atoms. The monoisotopic (exact) mass is 352 g/mol. The van der Waals surface area contributed by atoms with Crippen LogP contribution in [0.15, 0.2) is 41.3 Å². The van der Waals surface area contributed by atoms with E-state index in [4.69, 9.17) is 0 Å². The van der Waals surface area contributed by atoms with Crippen LogP contribution in [0.2, 0.25) is 0 Å². The van der Waals surface area contributed by atoms with Crippen molar-refractivity contribution in [1.29, 1.82) is 0 Å². The lowest BCUT2D eigenvalue weighted by molar-refractivity contribution is -0.117. The van der Waals surface area contributed by atoms with Gasteiger partial charge < -0.3 is 15.2 Å². The van der Waals surface area contributed by atoms with E-state index in [0.29, 0.717) is 31.3 Å². The molecule has 1 aromatic carbocycles. The maximum absolute atomic E-state index is 12.3. The third-order valence-corrected chi connectivity index (χ3v) is 4.85. The second-order valence-corrected chi connectivity index (χ2v) is 6.91. The molecule has 1 saturated carbocycles. The summed E-state index contributed by atoms with van der Waals surface area (Å²) < 4.78 is 0. The van der Waals surface area contributed by atoms with Crippen molar-refractivity contribution in [1.82, 2.24) is 15.3 Å². The number of carbonyl (C=O) groups is 2. The van der Waals surface area contributed by atoms with Gasteiger partial charge in [0.15, 0.2) is 0 Å². The lowest BCUT2D eigenvalue weighted by Gasteiger charge is -2.16. The minimum Gasteiger partial charge on any atom is -0.351 e. The smallest absolute Gasteiger partial charge is 0.263 e. The number of aromatic amines is 1. The fraction of sp³-hybridized carbons (Fsp3) is 0.368. The zero-order valence-electron chi connectivity index (χ0n) is 14.3. The summed E-state index contributed by atoms with van der Waals surface area (Å²) >= 11 is 0. The minimum absolute atomic E-state index is 0.0126. The van der Waals surface area contributed by atoms with Crippen molar-refractivity contribution >= 4 is 17.5 Å². The van der Waals surface area contributed by atoms with Crippen molar-refractivity contribution in [3.8, 4) is 0 Å². The van der Waals surface area contributed by atoms with E-state index < -0.39 is 11.5 Å². The Balaban J connectivity index is 1.36. The number of aromatic nitrogens is 2. The zero-order valence-corrected chi connectivity index (χ0v) is 14.3. The van der Waals surface area contributed by atoms with Crippen LogP contribution < -0.4 is 15.8 Å². The third kappa shape index (κ3) is 3.37. The highest BCUT2D eigenvalue weighted by Crippen LogP contribution is 2.37. The number of carbonyl (C=O) groups excluding carboxylic acids is 2. The summed E-state index contributed by atoms with van der Waals surface area (Å²) in [6.07, 6.45) is 3.78. The Bertz CT molecular complexity index is 889. The first kappa shape index (κ1) is 16.5. The van der Waals surface area contributed by atoms with Crippen molar-refractivity contribution in [2.45, 2.75) is 25.2 Å². The predicted octanol–water partition coefficient (Wildman–Crippen LogP) is 1.43. The van der Waals surface area contributed by atoms with Crippen molar-refractivity contribution in [3.05, 3.63) is 58.3 Å². The maximum Gasteiger partial charge on any atom is 0.263 e. The van der Waals surface area contributed by atoms with E-state index in [2.05, 4.69) is 15.3 Å². The third-order valence-electron chi connectivity index (χ3n) is 4.85. The molecular formula is C19H20N4O3. The fourth-order valence-corrected chi connectivity index (χ4v) is 3.24. The van der Waals surface area contributed by atoms with Gasteiger partial charge in [0.1, 0.15) is 11.4 Å². The van der Waals surface area contributed by atoms with Crippen LogP contribution in [-0.2, 0) is 4.79 Å². The molecule has 1 atom stereocenters. The van der Waals surface area contributed by atoms with Gasteiger partial charge in [0.2, 0.25) is 5.91 Å². The van der Waals surface area contributed by atoms with E-state index in [9.17, 15) is 14.4 Å². The highest BCUT2D eigenvalue weighted by Gasteiger charge is 2.31. The fourth-order valence-electron chi connectivity index (χ4n) is 3.24. The van der Waals surface area contributed by atoms with E-state index in [-0.39, 0.29) is 17.4 Å². The Kier molecular flexibility index (Phi) is 4.28. The lowest BCUT2D eigenvalue weighted by Crippen LogP contribution is -2.34. The number of nitrogens with zero attached hydrogens (tertiary/aromatic N) is 2. The Morgan fingerprint density at radius 2 is 2.00 bits per heavy atom. The molecular weight excluding hydrogens is 332 g/mol. The second-order valence-electron chi connectivity index (χ2n) is 6.91. The first-order valence-electron chi connectivity index (χ1n) is 8.84. The number of rotatable bonds is 5. The van der Waals surface area contributed by atoms with E-state index >= 15 is 0 Å². The van der Waals surface area contributed by atoms with Crippen molar-refractivity contribution in [3.63, 3.8) is 0 Å². The van der Waals surface area contributed by atoms with Gasteiger partial charge in [-0.3, -0.25) is 14.4 Å². The van der Waals surface area contributed by atoms with Crippen LogP contribution in [0.3, 0.4) is 0 Å². The summed E-state index contributed by atoms with van der Waals surface area (Å²) in [5.74, 6) is 0.597. The number of amides is 2. The normalized spacial score (nSPS) is 19.6. The summed E-state index contributed by atoms with van der Waals surface area (Å²) in [4.78, 5) is 45.2. The molecule has 0 unspecified atom stereocenters. The van der Waals surface area contributed by atoms with Gasteiger partial charge in [0, 0.05) is 43.2 Å². The van der Waals surface area contributed by atoms with Gasteiger partial charge in [-0.05, 0) is 25.0 Å². The quantitative estimate of drug-likeness (QED) is 0.851. The summed E-state index contributed by atoms with van der Waals surface area (Å²) in [6, 6.07) is 9.48. The number of hydrogen-bond donors (Lipinski definition) is 2. The molecule has 26 heavy (non-hydrogen) atoms. The van der Waals surface area contributed by atoms with E-state index in [1.54, 1.807) is 4.90 Å². The lowest BCUT2D eigenvalue weighted by atomic mass is 10.1. The summed E-state index contributed by atoms with van der Waals surface area (Å²) in [5.41, 5.74) is 0.467. The van der Waals surface area contributed by atoms with Crippen LogP contribution in [0.25, 0.3) is 0 Å². The molecule has 7 heteroatoms. The maximum atomic E-state index is 12.3. The molecule has 7 nitrogen and oxygen atoms in total. The van der Waals surface area contributed by atoms with Crippen LogP contribution in [0.1, 0.15) is 41.4 Å². The number of hydrogen-bond acceptors (Lipinski definition) is 4. The Hall–Kier alpha value is -2.96. The van der Waals surface area contributed by atoms with Gasteiger partial charge in [-0.25, -0.2) is 4.98 Å². The van der Waals surface area contributed by atoms with Crippen molar-refractivity contribution in [2.24, 2.45) is 5.92 Å². The molecule has 134 valence electrons. The number of para-hydroxylation sites is 1. The van der Waals surface area contributed by atoms with Crippen molar-refractivity contribution in [2.75, 3.05) is 18.0 Å². The molecule has 2 aliphatic rings. The standard InChI is InChI=1S/C19H20N4O3/c24-16-8-12(11-23(16)14-4-2-1-3-5-14)9-21-18(25)15-10-20-17(13-6-7-13)22-19(15)26/h1-5,10,12-13H,6-9,11H2,(H,21,25)(H,20,22,26)/t12-/m1/s1. The topological polar surface area (TPSA) is 95.2 Å². The van der Waals surface area contributed by atoms with Crippen LogP contribution >= 0.6 is 0 Å². The van der Waals surface area contributed by atoms with Crippen LogP contribution in [0.5, 0.6) is 0 Å². The van der Waals surface area contributed by atoms with Gasteiger partial charge in [0.25, 0.3) is 11.5 Å². The summed E-state index contributed by atoms with van der Waals surface area (Å²) in [6.45, 7) is 0.899. The molecule has 1 aliphatic heterocycles. The Morgan fingerprint density at radius 1 is 1.23 bits per heavy atom. The Labute approximate surface area is 150 Å². The summed E-state index contributed by atoms with van der Waals surface area (Å²) in [7, 11) is 0. The molecule has 0 radical (unpaired) electrons. The number of anilines is 1. The molecule has 4 rings (SSSR count). The van der Waals surface area contributed by atoms with Gasteiger partial charge in [0.05, 0.1) is 0 Å². The van der Waals surface area contributed by atoms with Gasteiger partial charge in [-0.15, -0.1) is 0 Å². The molecule has 1 saturated heterocycles. The Morgan fingerprint density at radius 3 is 2.69 bits per heavy atom.